The van der Waals surface area contributed by atoms with Gasteiger partial charge in [0.1, 0.15) is 12.4 Å². The second-order valence-corrected chi connectivity index (χ2v) is 4.54. The molecule has 1 aromatic rings. The summed E-state index contributed by atoms with van der Waals surface area (Å²) in [6.07, 6.45) is 3.66. The molecule has 108 valence electrons. The molecule has 1 aromatic carbocycles. The standard InChI is InChI=1S/C16H27NO2/c1-3-5-6-15-7-9-16(10-8-15)19-14-12-17-11-13-18-4-2/h7-10,17H,3-6,11-14H2,1-2H3. The molecular formula is C16H27NO2. The van der Waals surface area contributed by atoms with Gasteiger partial charge in [-0.15, -0.1) is 0 Å². The van der Waals surface area contributed by atoms with Crippen molar-refractivity contribution in [2.45, 2.75) is 33.1 Å². The SMILES string of the molecule is CCCCc1ccc(OCCNCCOCC)cc1. The Morgan fingerprint density at radius 3 is 2.42 bits per heavy atom. The second-order valence-electron chi connectivity index (χ2n) is 4.54. The molecule has 0 aliphatic carbocycles. The van der Waals surface area contributed by atoms with Crippen LogP contribution >= 0.6 is 0 Å². The van der Waals surface area contributed by atoms with Gasteiger partial charge in [-0.3, -0.25) is 0 Å². The fourth-order valence-corrected chi connectivity index (χ4v) is 1.79. The lowest BCUT2D eigenvalue weighted by molar-refractivity contribution is 0.148. The Hall–Kier alpha value is -1.06. The first-order chi connectivity index (χ1) is 9.36. The van der Waals surface area contributed by atoms with E-state index in [1.165, 1.54) is 18.4 Å². The summed E-state index contributed by atoms with van der Waals surface area (Å²) in [4.78, 5) is 0. The van der Waals surface area contributed by atoms with Gasteiger partial charge in [0.2, 0.25) is 0 Å². The summed E-state index contributed by atoms with van der Waals surface area (Å²) in [6, 6.07) is 8.44. The van der Waals surface area contributed by atoms with E-state index >= 15 is 0 Å². The smallest absolute Gasteiger partial charge is 0.119 e. The van der Waals surface area contributed by atoms with E-state index < -0.39 is 0 Å². The van der Waals surface area contributed by atoms with Crippen molar-refractivity contribution in [3.63, 3.8) is 0 Å². The maximum Gasteiger partial charge on any atom is 0.119 e. The van der Waals surface area contributed by atoms with Crippen molar-refractivity contribution in [2.24, 2.45) is 0 Å². The number of hydrogen-bond acceptors (Lipinski definition) is 3. The van der Waals surface area contributed by atoms with Gasteiger partial charge in [-0.1, -0.05) is 25.5 Å². The van der Waals surface area contributed by atoms with Crippen molar-refractivity contribution < 1.29 is 9.47 Å². The molecule has 0 radical (unpaired) electrons. The predicted octanol–water partition coefficient (Wildman–Crippen LogP) is 3.03. The summed E-state index contributed by atoms with van der Waals surface area (Å²) in [6.45, 7) is 8.20. The van der Waals surface area contributed by atoms with Gasteiger partial charge in [0, 0.05) is 19.7 Å². The summed E-state index contributed by atoms with van der Waals surface area (Å²) in [5, 5.41) is 3.28. The molecule has 0 aliphatic rings. The molecule has 0 atom stereocenters. The zero-order valence-electron chi connectivity index (χ0n) is 12.3. The largest absolute Gasteiger partial charge is 0.492 e. The van der Waals surface area contributed by atoms with Crippen molar-refractivity contribution in [1.82, 2.24) is 5.32 Å². The van der Waals surface area contributed by atoms with Crippen LogP contribution in [0.2, 0.25) is 0 Å². The van der Waals surface area contributed by atoms with E-state index in [4.69, 9.17) is 9.47 Å². The number of rotatable bonds is 11. The van der Waals surface area contributed by atoms with Gasteiger partial charge in [-0.05, 0) is 37.5 Å². The van der Waals surface area contributed by atoms with E-state index in [1.807, 2.05) is 6.92 Å². The molecule has 0 fully saturated rings. The molecule has 0 spiro atoms. The van der Waals surface area contributed by atoms with Crippen LogP contribution in [-0.4, -0.2) is 32.9 Å². The van der Waals surface area contributed by atoms with Gasteiger partial charge in [-0.2, -0.15) is 0 Å². The fourth-order valence-electron chi connectivity index (χ4n) is 1.79. The third-order valence-electron chi connectivity index (χ3n) is 2.92. The molecule has 0 unspecified atom stereocenters. The first-order valence-electron chi connectivity index (χ1n) is 7.37. The molecule has 0 aliphatic heterocycles. The zero-order valence-corrected chi connectivity index (χ0v) is 12.3. The van der Waals surface area contributed by atoms with Crippen LogP contribution in [0, 0.1) is 0 Å². The topological polar surface area (TPSA) is 30.5 Å². The molecule has 3 nitrogen and oxygen atoms in total. The highest BCUT2D eigenvalue weighted by Crippen LogP contribution is 2.13. The first kappa shape index (κ1) is 16.0. The number of unbranched alkanes of at least 4 members (excludes halogenated alkanes) is 1. The van der Waals surface area contributed by atoms with Gasteiger partial charge < -0.3 is 14.8 Å². The Morgan fingerprint density at radius 1 is 1.00 bits per heavy atom. The minimum atomic E-state index is 0.695. The Morgan fingerprint density at radius 2 is 1.74 bits per heavy atom. The summed E-state index contributed by atoms with van der Waals surface area (Å²) in [7, 11) is 0. The van der Waals surface area contributed by atoms with E-state index in [-0.39, 0.29) is 0 Å². The van der Waals surface area contributed by atoms with Crippen LogP contribution in [0.5, 0.6) is 5.75 Å². The molecule has 1 rings (SSSR count). The van der Waals surface area contributed by atoms with Gasteiger partial charge in [0.25, 0.3) is 0 Å². The Kier molecular flexibility index (Phi) is 9.11. The van der Waals surface area contributed by atoms with Crippen LogP contribution in [0.25, 0.3) is 0 Å². The molecule has 0 heterocycles. The van der Waals surface area contributed by atoms with Gasteiger partial charge in [0.05, 0.1) is 6.61 Å². The molecule has 0 bridgehead atoms. The second kappa shape index (κ2) is 10.8. The van der Waals surface area contributed by atoms with E-state index in [0.717, 1.165) is 38.5 Å². The highest BCUT2D eigenvalue weighted by molar-refractivity contribution is 5.27. The molecule has 0 amide bonds. The lowest BCUT2D eigenvalue weighted by Crippen LogP contribution is -2.24. The van der Waals surface area contributed by atoms with Crippen LogP contribution in [0.3, 0.4) is 0 Å². The lowest BCUT2D eigenvalue weighted by atomic mass is 10.1. The monoisotopic (exact) mass is 265 g/mol. The molecule has 19 heavy (non-hydrogen) atoms. The van der Waals surface area contributed by atoms with Gasteiger partial charge in [0.15, 0.2) is 0 Å². The molecule has 0 saturated carbocycles. The van der Waals surface area contributed by atoms with Gasteiger partial charge in [-0.25, -0.2) is 0 Å². The molecule has 1 N–H and O–H groups in total. The highest BCUT2D eigenvalue weighted by Gasteiger charge is 1.96. The summed E-state index contributed by atoms with van der Waals surface area (Å²) < 4.78 is 10.9. The average Bonchev–Trinajstić information content (AvgIpc) is 2.45. The molecule has 0 saturated heterocycles. The van der Waals surface area contributed by atoms with Crippen molar-refractivity contribution in [3.05, 3.63) is 29.8 Å². The van der Waals surface area contributed by atoms with Crippen molar-refractivity contribution in [2.75, 3.05) is 32.9 Å². The van der Waals surface area contributed by atoms with Crippen molar-refractivity contribution in [1.29, 1.82) is 0 Å². The van der Waals surface area contributed by atoms with E-state index in [2.05, 4.69) is 36.5 Å². The maximum atomic E-state index is 5.67. The minimum absolute atomic E-state index is 0.695. The molecule has 0 aromatic heterocycles. The van der Waals surface area contributed by atoms with E-state index in [0.29, 0.717) is 6.61 Å². The van der Waals surface area contributed by atoms with E-state index in [9.17, 15) is 0 Å². The predicted molar refractivity (Wildman–Crippen MR) is 79.9 cm³/mol. The minimum Gasteiger partial charge on any atom is -0.492 e. The first-order valence-corrected chi connectivity index (χ1v) is 7.37. The maximum absolute atomic E-state index is 5.67. The highest BCUT2D eigenvalue weighted by atomic mass is 16.5. The van der Waals surface area contributed by atoms with Crippen LogP contribution in [0.1, 0.15) is 32.3 Å². The third-order valence-corrected chi connectivity index (χ3v) is 2.92. The van der Waals surface area contributed by atoms with Crippen molar-refractivity contribution >= 4 is 0 Å². The van der Waals surface area contributed by atoms with Crippen LogP contribution in [0.15, 0.2) is 24.3 Å². The number of benzene rings is 1. The Balaban J connectivity index is 2.09. The quantitative estimate of drug-likeness (QED) is 0.624. The number of ether oxygens (including phenoxy) is 2. The Bertz CT molecular complexity index is 311. The lowest BCUT2D eigenvalue weighted by Gasteiger charge is -2.08. The van der Waals surface area contributed by atoms with E-state index in [1.54, 1.807) is 0 Å². The average molecular weight is 265 g/mol. The van der Waals surface area contributed by atoms with Crippen LogP contribution < -0.4 is 10.1 Å². The van der Waals surface area contributed by atoms with Crippen LogP contribution in [0.4, 0.5) is 0 Å². The number of nitrogens with one attached hydrogen (secondary N) is 1. The summed E-state index contributed by atoms with van der Waals surface area (Å²) >= 11 is 0. The zero-order chi connectivity index (χ0) is 13.8. The number of hydrogen-bond donors (Lipinski definition) is 1. The normalized spacial score (nSPS) is 10.6. The van der Waals surface area contributed by atoms with Crippen molar-refractivity contribution in [3.8, 4) is 5.75 Å². The van der Waals surface area contributed by atoms with Crippen LogP contribution in [-0.2, 0) is 11.2 Å². The Labute approximate surface area is 117 Å². The summed E-state index contributed by atoms with van der Waals surface area (Å²) in [5.41, 5.74) is 1.39. The van der Waals surface area contributed by atoms with Gasteiger partial charge >= 0.3 is 0 Å². The molecular weight excluding hydrogens is 238 g/mol. The number of aryl methyl sites for hydroxylation is 1. The third kappa shape index (κ3) is 7.85. The summed E-state index contributed by atoms with van der Waals surface area (Å²) in [5.74, 6) is 0.951. The fraction of sp³-hybridized carbons (Fsp3) is 0.625. The molecule has 3 heteroatoms.